The average molecular weight is 422 g/mol. The summed E-state index contributed by atoms with van der Waals surface area (Å²) < 4.78 is 5.18. The quantitative estimate of drug-likeness (QED) is 0.557. The third-order valence-corrected chi connectivity index (χ3v) is 3.99. The van der Waals surface area contributed by atoms with E-state index in [-0.39, 0.29) is 18.5 Å². The minimum absolute atomic E-state index is 0.237. The van der Waals surface area contributed by atoms with Crippen LogP contribution in [0.5, 0.6) is 0 Å². The van der Waals surface area contributed by atoms with E-state index in [2.05, 4.69) is 26.0 Å². The van der Waals surface area contributed by atoms with E-state index in [4.69, 9.17) is 4.74 Å². The molecular weight excluding hydrogens is 400 g/mol. The molecule has 2 N–H and O–H groups in total. The summed E-state index contributed by atoms with van der Waals surface area (Å²) in [5.74, 6) is -0.811. The van der Waals surface area contributed by atoms with E-state index in [1.54, 1.807) is 38.1 Å². The minimum Gasteiger partial charge on any atom is -0.459 e. The highest BCUT2D eigenvalue weighted by Gasteiger charge is 2.14. The molecule has 0 saturated heterocycles. The molecule has 10 nitrogen and oxygen atoms in total. The summed E-state index contributed by atoms with van der Waals surface area (Å²) in [7, 11) is 0. The van der Waals surface area contributed by atoms with E-state index in [1.165, 1.54) is 0 Å². The number of hydrogen-bond donors (Lipinski definition) is 2. The molecule has 1 heterocycles. The lowest BCUT2D eigenvalue weighted by Gasteiger charge is -2.08. The first-order valence-electron chi connectivity index (χ1n) is 9.61. The summed E-state index contributed by atoms with van der Waals surface area (Å²) in [6.07, 6.45) is -0.237. The van der Waals surface area contributed by atoms with Gasteiger partial charge in [-0.2, -0.15) is 4.80 Å². The molecular formula is C21H22N6O4. The van der Waals surface area contributed by atoms with E-state index in [9.17, 15) is 14.4 Å². The van der Waals surface area contributed by atoms with Gasteiger partial charge in [-0.1, -0.05) is 42.5 Å². The average Bonchev–Trinajstić information content (AvgIpc) is 3.21. The van der Waals surface area contributed by atoms with Crippen LogP contribution in [0.25, 0.3) is 11.4 Å². The van der Waals surface area contributed by atoms with Crippen LogP contribution >= 0.6 is 0 Å². The van der Waals surface area contributed by atoms with Gasteiger partial charge in [-0.15, -0.1) is 10.2 Å². The van der Waals surface area contributed by atoms with E-state index >= 15 is 0 Å². The lowest BCUT2D eigenvalue weighted by molar-refractivity contribution is -0.121. The molecule has 1 aromatic heterocycles. The number of ether oxygens (including phenoxy) is 1. The van der Waals surface area contributed by atoms with Crippen molar-refractivity contribution < 1.29 is 19.1 Å². The second-order valence-electron chi connectivity index (χ2n) is 6.89. The maximum atomic E-state index is 12.1. The first-order valence-corrected chi connectivity index (χ1v) is 9.61. The molecule has 0 fully saturated rings. The van der Waals surface area contributed by atoms with Gasteiger partial charge in [0.25, 0.3) is 5.91 Å². The number of benzene rings is 2. The van der Waals surface area contributed by atoms with Gasteiger partial charge < -0.3 is 10.1 Å². The van der Waals surface area contributed by atoms with Gasteiger partial charge in [0.05, 0.1) is 11.7 Å². The van der Waals surface area contributed by atoms with E-state index in [1.807, 2.05) is 30.3 Å². The molecule has 0 spiro atoms. The number of aromatic nitrogens is 4. The Morgan fingerprint density at radius 1 is 1.06 bits per heavy atom. The highest BCUT2D eigenvalue weighted by Crippen LogP contribution is 2.16. The summed E-state index contributed by atoms with van der Waals surface area (Å²) in [5.41, 5.74) is 1.81. The molecule has 0 aliphatic heterocycles. The van der Waals surface area contributed by atoms with Crippen molar-refractivity contribution in [2.24, 2.45) is 0 Å². The molecule has 0 atom stereocenters. The van der Waals surface area contributed by atoms with E-state index in [0.717, 1.165) is 10.4 Å². The smallest absolute Gasteiger partial charge is 0.338 e. The Morgan fingerprint density at radius 2 is 1.84 bits per heavy atom. The van der Waals surface area contributed by atoms with Crippen LogP contribution in [0.2, 0.25) is 0 Å². The van der Waals surface area contributed by atoms with Gasteiger partial charge in [-0.3, -0.25) is 10.1 Å². The highest BCUT2D eigenvalue weighted by molar-refractivity contribution is 5.94. The predicted molar refractivity (Wildman–Crippen MR) is 111 cm³/mol. The van der Waals surface area contributed by atoms with Crippen molar-refractivity contribution in [2.75, 3.05) is 0 Å². The Labute approximate surface area is 178 Å². The monoisotopic (exact) mass is 422 g/mol. The van der Waals surface area contributed by atoms with Gasteiger partial charge in [0, 0.05) is 12.1 Å². The molecule has 10 heteroatoms. The van der Waals surface area contributed by atoms with Crippen LogP contribution in [0.4, 0.5) is 4.79 Å². The third-order valence-electron chi connectivity index (χ3n) is 3.99. The van der Waals surface area contributed by atoms with Gasteiger partial charge in [0.2, 0.25) is 5.82 Å². The zero-order chi connectivity index (χ0) is 22.2. The normalized spacial score (nSPS) is 10.5. The molecule has 31 heavy (non-hydrogen) atoms. The van der Waals surface area contributed by atoms with Crippen molar-refractivity contribution in [2.45, 2.75) is 33.0 Å². The first kappa shape index (κ1) is 21.6. The summed E-state index contributed by atoms with van der Waals surface area (Å²) in [5, 5.41) is 16.7. The van der Waals surface area contributed by atoms with Crippen molar-refractivity contribution in [1.29, 1.82) is 0 Å². The molecule has 0 bridgehead atoms. The van der Waals surface area contributed by atoms with Gasteiger partial charge in [-0.05, 0) is 36.8 Å². The number of amides is 3. The number of nitrogens with zero attached hydrogens (tertiary/aromatic N) is 4. The van der Waals surface area contributed by atoms with Crippen LogP contribution in [0.15, 0.2) is 54.6 Å². The molecule has 3 rings (SSSR count). The highest BCUT2D eigenvalue weighted by atomic mass is 16.5. The topological polar surface area (TPSA) is 128 Å². The van der Waals surface area contributed by atoms with Crippen LogP contribution in [-0.2, 0) is 22.6 Å². The van der Waals surface area contributed by atoms with E-state index in [0.29, 0.717) is 17.7 Å². The summed E-state index contributed by atoms with van der Waals surface area (Å²) in [6.45, 7) is 3.53. The second-order valence-corrected chi connectivity index (χ2v) is 6.89. The second kappa shape index (κ2) is 10.1. The van der Waals surface area contributed by atoms with Crippen LogP contribution in [0.3, 0.4) is 0 Å². The first-order chi connectivity index (χ1) is 14.9. The largest absolute Gasteiger partial charge is 0.459 e. The van der Waals surface area contributed by atoms with Gasteiger partial charge in [0.1, 0.15) is 6.54 Å². The number of nitrogens with one attached hydrogen (secondary N) is 2. The molecule has 0 saturated carbocycles. The number of tetrazole rings is 1. The Morgan fingerprint density at radius 3 is 2.58 bits per heavy atom. The van der Waals surface area contributed by atoms with Crippen LogP contribution in [-0.4, -0.2) is 44.2 Å². The zero-order valence-electron chi connectivity index (χ0n) is 17.1. The Bertz CT molecular complexity index is 1060. The zero-order valence-corrected chi connectivity index (χ0v) is 17.1. The minimum atomic E-state index is -0.620. The van der Waals surface area contributed by atoms with E-state index < -0.39 is 17.9 Å². The predicted octanol–water partition coefficient (Wildman–Crippen LogP) is 1.93. The number of carbonyl (C=O) groups excluding carboxylic acids is 3. The molecule has 3 aromatic rings. The van der Waals surface area contributed by atoms with Crippen molar-refractivity contribution in [3.8, 4) is 11.4 Å². The van der Waals surface area contributed by atoms with Crippen molar-refractivity contribution in [1.82, 2.24) is 30.8 Å². The fraction of sp³-hybridized carbons (Fsp3) is 0.238. The van der Waals surface area contributed by atoms with Gasteiger partial charge >= 0.3 is 12.0 Å². The van der Waals surface area contributed by atoms with Crippen molar-refractivity contribution in [3.63, 3.8) is 0 Å². The Balaban J connectivity index is 1.55. The third kappa shape index (κ3) is 6.46. The number of esters is 1. The molecule has 2 aromatic carbocycles. The standard InChI is InChI=1S/C21H22N6O4/c1-14(2)31-20(29)17-10-6-9-16(11-17)19-24-26-27(25-19)13-18(28)23-21(30)22-12-15-7-4-3-5-8-15/h3-11,14H,12-13H2,1-2H3,(H2,22,23,28,30). The van der Waals surface area contributed by atoms with Crippen LogP contribution < -0.4 is 10.6 Å². The molecule has 0 radical (unpaired) electrons. The maximum Gasteiger partial charge on any atom is 0.338 e. The molecule has 0 unspecified atom stereocenters. The molecule has 0 aliphatic carbocycles. The number of urea groups is 1. The van der Waals surface area contributed by atoms with Crippen LogP contribution in [0.1, 0.15) is 29.8 Å². The van der Waals surface area contributed by atoms with Gasteiger partial charge in [-0.25, -0.2) is 9.59 Å². The maximum absolute atomic E-state index is 12.1. The number of imide groups is 1. The number of hydrogen-bond acceptors (Lipinski definition) is 7. The Hall–Kier alpha value is -4.08. The van der Waals surface area contributed by atoms with Crippen LogP contribution in [0, 0.1) is 0 Å². The molecule has 0 aliphatic rings. The molecule has 160 valence electrons. The molecule has 3 amide bonds. The van der Waals surface area contributed by atoms with Gasteiger partial charge in [0.15, 0.2) is 0 Å². The Kier molecular flexibility index (Phi) is 7.05. The lowest BCUT2D eigenvalue weighted by atomic mass is 10.1. The summed E-state index contributed by atoms with van der Waals surface area (Å²) in [4.78, 5) is 37.1. The van der Waals surface area contributed by atoms with Crippen molar-refractivity contribution >= 4 is 17.9 Å². The van der Waals surface area contributed by atoms with Crippen molar-refractivity contribution in [3.05, 3.63) is 65.7 Å². The SMILES string of the molecule is CC(C)OC(=O)c1cccc(-c2nnn(CC(=O)NC(=O)NCc3ccccc3)n2)c1. The number of carbonyl (C=O) groups is 3. The fourth-order valence-electron chi connectivity index (χ4n) is 2.61. The lowest BCUT2D eigenvalue weighted by Crippen LogP contribution is -2.40. The number of rotatable bonds is 7. The summed E-state index contributed by atoms with van der Waals surface area (Å²) >= 11 is 0. The summed E-state index contributed by atoms with van der Waals surface area (Å²) in [6, 6.07) is 15.3. The fourth-order valence-corrected chi connectivity index (χ4v) is 2.61.